The molecule has 70 valence electrons. The lowest BCUT2D eigenvalue weighted by atomic mass is 9.89. The van der Waals surface area contributed by atoms with Crippen molar-refractivity contribution in [2.75, 3.05) is 7.11 Å². The lowest BCUT2D eigenvalue weighted by Crippen LogP contribution is -2.16. The third-order valence-electron chi connectivity index (χ3n) is 1.30. The zero-order chi connectivity index (χ0) is 9.78. The summed E-state index contributed by atoms with van der Waals surface area (Å²) in [5.41, 5.74) is -0.0505. The second kappa shape index (κ2) is 4.24. The molecule has 0 saturated heterocycles. The van der Waals surface area contributed by atoms with Crippen molar-refractivity contribution in [3.63, 3.8) is 0 Å². The van der Waals surface area contributed by atoms with Gasteiger partial charge in [-0.1, -0.05) is 20.8 Å². The monoisotopic (exact) mass is 172 g/mol. The van der Waals surface area contributed by atoms with Crippen LogP contribution in [0.5, 0.6) is 0 Å². The van der Waals surface area contributed by atoms with Crippen molar-refractivity contribution >= 4 is 11.8 Å². The van der Waals surface area contributed by atoms with Crippen molar-refractivity contribution in [2.24, 2.45) is 5.41 Å². The fourth-order valence-corrected chi connectivity index (χ4v) is 0.887. The maximum absolute atomic E-state index is 11.1. The van der Waals surface area contributed by atoms with E-state index in [-0.39, 0.29) is 17.6 Å². The highest BCUT2D eigenvalue weighted by atomic mass is 16.5. The highest BCUT2D eigenvalue weighted by molar-refractivity contribution is 5.95. The van der Waals surface area contributed by atoms with Gasteiger partial charge in [0.1, 0.15) is 12.2 Å². The Bertz CT molecular complexity index is 177. The van der Waals surface area contributed by atoms with Crippen molar-refractivity contribution in [3.05, 3.63) is 0 Å². The Morgan fingerprint density at radius 3 is 2.08 bits per heavy atom. The Balaban J connectivity index is 3.83. The van der Waals surface area contributed by atoms with Crippen LogP contribution in [-0.2, 0) is 14.3 Å². The third-order valence-corrected chi connectivity index (χ3v) is 1.30. The van der Waals surface area contributed by atoms with E-state index in [2.05, 4.69) is 4.74 Å². The Labute approximate surface area is 73.1 Å². The van der Waals surface area contributed by atoms with Gasteiger partial charge in [-0.05, 0) is 5.41 Å². The van der Waals surface area contributed by atoms with Crippen molar-refractivity contribution in [3.8, 4) is 0 Å². The minimum absolute atomic E-state index is 0.0505. The second-order valence-electron chi connectivity index (χ2n) is 4.03. The van der Waals surface area contributed by atoms with Crippen LogP contribution < -0.4 is 0 Å². The van der Waals surface area contributed by atoms with E-state index in [0.717, 1.165) is 0 Å². The van der Waals surface area contributed by atoms with Crippen LogP contribution in [-0.4, -0.2) is 18.9 Å². The molecule has 0 bridgehead atoms. The van der Waals surface area contributed by atoms with E-state index in [9.17, 15) is 9.59 Å². The first-order valence-corrected chi connectivity index (χ1v) is 3.93. The molecule has 0 spiro atoms. The SMILES string of the molecule is COC(=O)CC(=O)CC(C)(C)C. The summed E-state index contributed by atoms with van der Waals surface area (Å²) >= 11 is 0. The summed E-state index contributed by atoms with van der Waals surface area (Å²) in [7, 11) is 1.28. The lowest BCUT2D eigenvalue weighted by molar-refractivity contribution is -0.143. The predicted molar refractivity (Wildman–Crippen MR) is 45.7 cm³/mol. The second-order valence-corrected chi connectivity index (χ2v) is 4.03. The van der Waals surface area contributed by atoms with Crippen LogP contribution in [0.2, 0.25) is 0 Å². The van der Waals surface area contributed by atoms with Gasteiger partial charge in [0.2, 0.25) is 0 Å². The number of methoxy groups -OCH3 is 1. The summed E-state index contributed by atoms with van der Waals surface area (Å²) in [5.74, 6) is -0.515. The number of ketones is 1. The maximum Gasteiger partial charge on any atom is 0.313 e. The molecule has 0 unspecified atom stereocenters. The van der Waals surface area contributed by atoms with Crippen molar-refractivity contribution < 1.29 is 14.3 Å². The van der Waals surface area contributed by atoms with Crippen LogP contribution in [0.25, 0.3) is 0 Å². The van der Waals surface area contributed by atoms with Crippen LogP contribution in [0.1, 0.15) is 33.6 Å². The van der Waals surface area contributed by atoms with Gasteiger partial charge in [0.05, 0.1) is 7.11 Å². The fourth-order valence-electron chi connectivity index (χ4n) is 0.887. The Morgan fingerprint density at radius 1 is 1.25 bits per heavy atom. The molecule has 3 nitrogen and oxygen atoms in total. The smallest absolute Gasteiger partial charge is 0.313 e. The molecule has 0 N–H and O–H groups in total. The third kappa shape index (κ3) is 5.89. The summed E-state index contributed by atoms with van der Waals surface area (Å²) < 4.78 is 4.38. The molecular weight excluding hydrogens is 156 g/mol. The Hall–Kier alpha value is -0.860. The van der Waals surface area contributed by atoms with Crippen molar-refractivity contribution in [2.45, 2.75) is 33.6 Å². The number of esters is 1. The first-order valence-electron chi connectivity index (χ1n) is 3.93. The molecule has 0 aromatic rings. The van der Waals surface area contributed by atoms with Crippen LogP contribution in [0.15, 0.2) is 0 Å². The minimum Gasteiger partial charge on any atom is -0.469 e. The van der Waals surface area contributed by atoms with Crippen LogP contribution in [0.4, 0.5) is 0 Å². The van der Waals surface area contributed by atoms with Crippen molar-refractivity contribution in [1.82, 2.24) is 0 Å². The standard InChI is InChI=1S/C9H16O3/c1-9(2,3)6-7(10)5-8(11)12-4/h5-6H2,1-4H3. The van der Waals surface area contributed by atoms with Gasteiger partial charge in [-0.25, -0.2) is 0 Å². The summed E-state index contributed by atoms with van der Waals surface area (Å²) in [6, 6.07) is 0. The summed E-state index contributed by atoms with van der Waals surface area (Å²) in [4.78, 5) is 21.8. The number of Topliss-reactive ketones (excluding diaryl/α,β-unsaturated/α-hetero) is 1. The van der Waals surface area contributed by atoms with Crippen LogP contribution in [0, 0.1) is 5.41 Å². The van der Waals surface area contributed by atoms with Gasteiger partial charge >= 0.3 is 5.97 Å². The van der Waals surface area contributed by atoms with Gasteiger partial charge in [-0.2, -0.15) is 0 Å². The molecule has 0 saturated carbocycles. The Morgan fingerprint density at radius 2 is 1.75 bits per heavy atom. The van der Waals surface area contributed by atoms with Gasteiger partial charge in [0.15, 0.2) is 0 Å². The quantitative estimate of drug-likeness (QED) is 0.479. The summed E-state index contributed by atoms with van der Waals surface area (Å²) in [6.07, 6.45) is 0.315. The van der Waals surface area contributed by atoms with E-state index in [1.165, 1.54) is 7.11 Å². The number of hydrogen-bond acceptors (Lipinski definition) is 3. The van der Waals surface area contributed by atoms with Gasteiger partial charge in [-0.15, -0.1) is 0 Å². The molecule has 12 heavy (non-hydrogen) atoms. The summed E-state index contributed by atoms with van der Waals surface area (Å²) in [6.45, 7) is 5.88. The zero-order valence-corrected chi connectivity index (χ0v) is 8.14. The first-order chi connectivity index (χ1) is 5.35. The minimum atomic E-state index is -0.454. The average Bonchev–Trinajstić information content (AvgIpc) is 1.82. The molecule has 3 heteroatoms. The van der Waals surface area contributed by atoms with Crippen LogP contribution in [0.3, 0.4) is 0 Å². The maximum atomic E-state index is 11.1. The average molecular weight is 172 g/mol. The summed E-state index contributed by atoms with van der Waals surface area (Å²) in [5, 5.41) is 0. The molecule has 0 heterocycles. The molecule has 0 aromatic heterocycles. The van der Waals surface area contributed by atoms with Gasteiger partial charge in [0, 0.05) is 6.42 Å². The molecule has 0 atom stereocenters. The zero-order valence-electron chi connectivity index (χ0n) is 8.14. The topological polar surface area (TPSA) is 43.4 Å². The number of rotatable bonds is 3. The molecule has 0 fully saturated rings. The largest absolute Gasteiger partial charge is 0.469 e. The number of ether oxygens (including phenoxy) is 1. The highest BCUT2D eigenvalue weighted by Crippen LogP contribution is 2.19. The Kier molecular flexibility index (Phi) is 3.93. The molecule has 0 amide bonds. The van der Waals surface area contributed by atoms with E-state index >= 15 is 0 Å². The first kappa shape index (κ1) is 11.1. The van der Waals surface area contributed by atoms with Gasteiger partial charge in [-0.3, -0.25) is 9.59 Å². The lowest BCUT2D eigenvalue weighted by Gasteiger charge is -2.15. The fraction of sp³-hybridized carbons (Fsp3) is 0.778. The van der Waals surface area contributed by atoms with Gasteiger partial charge < -0.3 is 4.74 Å². The molecule has 0 rings (SSSR count). The normalized spacial score (nSPS) is 11.0. The predicted octanol–water partition coefficient (Wildman–Crippen LogP) is 1.55. The van der Waals surface area contributed by atoms with E-state index in [4.69, 9.17) is 0 Å². The van der Waals surface area contributed by atoms with E-state index < -0.39 is 5.97 Å². The molecular formula is C9H16O3. The molecule has 0 aliphatic carbocycles. The van der Waals surface area contributed by atoms with Crippen LogP contribution >= 0.6 is 0 Å². The van der Waals surface area contributed by atoms with Crippen molar-refractivity contribution in [1.29, 1.82) is 0 Å². The number of hydrogen-bond donors (Lipinski definition) is 0. The van der Waals surface area contributed by atoms with E-state index in [1.807, 2.05) is 20.8 Å². The number of carbonyl (C=O) groups is 2. The highest BCUT2D eigenvalue weighted by Gasteiger charge is 2.18. The van der Waals surface area contributed by atoms with E-state index in [0.29, 0.717) is 6.42 Å². The molecule has 0 radical (unpaired) electrons. The van der Waals surface area contributed by atoms with Gasteiger partial charge in [0.25, 0.3) is 0 Å². The molecule has 0 aromatic carbocycles. The number of carbonyl (C=O) groups excluding carboxylic acids is 2. The molecule has 0 aliphatic heterocycles. The molecule has 0 aliphatic rings. The van der Waals surface area contributed by atoms with E-state index in [1.54, 1.807) is 0 Å².